The lowest BCUT2D eigenvalue weighted by Gasteiger charge is -2.34. The normalized spacial score (nSPS) is 12.3. The van der Waals surface area contributed by atoms with Gasteiger partial charge in [-0.1, -0.05) is 36.0 Å². The minimum atomic E-state index is 0.710. The van der Waals surface area contributed by atoms with Gasteiger partial charge in [0.1, 0.15) is 0 Å². The topological polar surface area (TPSA) is 27.0 Å². The average Bonchev–Trinajstić information content (AvgIpc) is 2.60. The van der Waals surface area contributed by atoms with E-state index in [2.05, 4.69) is 73.3 Å². The molecule has 4 rings (SSSR count). The van der Waals surface area contributed by atoms with Crippen LogP contribution in [0.25, 0.3) is 0 Å². The van der Waals surface area contributed by atoms with Gasteiger partial charge < -0.3 is 4.90 Å². The van der Waals surface area contributed by atoms with Gasteiger partial charge in [-0.2, -0.15) is 5.26 Å². The molecule has 0 aliphatic carbocycles. The fourth-order valence-corrected chi connectivity index (χ4v) is 4.38. The molecule has 0 amide bonds. The number of fused-ring (bicyclic) bond motifs is 2. The van der Waals surface area contributed by atoms with Crippen molar-refractivity contribution in [2.24, 2.45) is 0 Å². The molecular weight excluding hydrogens is 312 g/mol. The lowest BCUT2D eigenvalue weighted by molar-refractivity contribution is 1.13. The lowest BCUT2D eigenvalue weighted by Crippen LogP contribution is -2.17. The van der Waals surface area contributed by atoms with E-state index in [-0.39, 0.29) is 0 Å². The summed E-state index contributed by atoms with van der Waals surface area (Å²) in [4.78, 5) is 4.83. The molecule has 0 saturated carbocycles. The van der Waals surface area contributed by atoms with Crippen molar-refractivity contribution in [1.82, 2.24) is 0 Å². The van der Waals surface area contributed by atoms with E-state index in [1.807, 2.05) is 12.1 Å². The smallest absolute Gasteiger partial charge is 0.0991 e. The van der Waals surface area contributed by atoms with Gasteiger partial charge in [-0.05, 0) is 61.4 Å². The maximum absolute atomic E-state index is 9.24. The Morgan fingerprint density at radius 2 is 1.33 bits per heavy atom. The third-order valence-electron chi connectivity index (χ3n) is 4.28. The first-order chi connectivity index (χ1) is 11.7. The van der Waals surface area contributed by atoms with Crippen molar-refractivity contribution in [3.05, 3.63) is 77.4 Å². The number of para-hydroxylation sites is 2. The van der Waals surface area contributed by atoms with Crippen LogP contribution in [0.4, 0.5) is 17.1 Å². The van der Waals surface area contributed by atoms with Crippen molar-refractivity contribution in [1.29, 1.82) is 5.26 Å². The van der Waals surface area contributed by atoms with Crippen molar-refractivity contribution < 1.29 is 0 Å². The Balaban J connectivity index is 2.01. The second kappa shape index (κ2) is 5.74. The predicted molar refractivity (Wildman–Crippen MR) is 99.4 cm³/mol. The number of rotatable bonds is 1. The first-order valence-electron chi connectivity index (χ1n) is 7.86. The summed E-state index contributed by atoms with van der Waals surface area (Å²) in [5.74, 6) is 0. The highest BCUT2D eigenvalue weighted by atomic mass is 32.2. The van der Waals surface area contributed by atoms with Crippen LogP contribution in [0.1, 0.15) is 16.7 Å². The third-order valence-corrected chi connectivity index (χ3v) is 5.41. The number of aryl methyl sites for hydroxylation is 2. The average molecular weight is 328 g/mol. The zero-order valence-electron chi connectivity index (χ0n) is 13.6. The van der Waals surface area contributed by atoms with Crippen molar-refractivity contribution >= 4 is 28.8 Å². The Kier molecular flexibility index (Phi) is 3.55. The molecule has 2 nitrogen and oxygen atoms in total. The van der Waals surface area contributed by atoms with Crippen molar-refractivity contribution in [3.63, 3.8) is 0 Å². The Labute approximate surface area is 146 Å². The standard InChI is InChI=1S/C21H16N2S/c1-14-11-16(13-22)12-15(2)21(14)23-17-7-3-5-9-19(17)24-20-10-6-4-8-18(20)23/h3-12H,1-2H3. The SMILES string of the molecule is Cc1cc(C#N)cc(C)c1N1c2ccccc2Sc2ccccc21. The zero-order valence-corrected chi connectivity index (χ0v) is 14.4. The molecule has 24 heavy (non-hydrogen) atoms. The number of nitrogens with zero attached hydrogens (tertiary/aromatic N) is 2. The molecule has 1 aliphatic rings. The Bertz CT molecular complexity index is 917. The summed E-state index contributed by atoms with van der Waals surface area (Å²) in [7, 11) is 0. The molecule has 0 atom stereocenters. The summed E-state index contributed by atoms with van der Waals surface area (Å²) >= 11 is 1.81. The van der Waals surface area contributed by atoms with Crippen LogP contribution >= 0.6 is 11.8 Å². The maximum atomic E-state index is 9.24. The van der Waals surface area contributed by atoms with E-state index in [1.54, 1.807) is 11.8 Å². The van der Waals surface area contributed by atoms with Gasteiger partial charge in [0.2, 0.25) is 0 Å². The minimum Gasteiger partial charge on any atom is -0.308 e. The second-order valence-corrected chi connectivity index (χ2v) is 7.03. The molecule has 1 heterocycles. The summed E-state index contributed by atoms with van der Waals surface area (Å²) in [5.41, 5.74) is 6.48. The van der Waals surface area contributed by atoms with Crippen LogP contribution in [0.2, 0.25) is 0 Å². The van der Waals surface area contributed by atoms with E-state index in [1.165, 1.54) is 21.2 Å². The second-order valence-electron chi connectivity index (χ2n) is 5.94. The number of hydrogen-bond acceptors (Lipinski definition) is 3. The quantitative estimate of drug-likeness (QED) is 0.422. The van der Waals surface area contributed by atoms with Gasteiger partial charge in [0.05, 0.1) is 28.7 Å². The first kappa shape index (κ1) is 14.9. The predicted octanol–water partition coefficient (Wildman–Crippen LogP) is 6.11. The minimum absolute atomic E-state index is 0.710. The zero-order chi connectivity index (χ0) is 16.7. The van der Waals surface area contributed by atoms with Gasteiger partial charge in [0.25, 0.3) is 0 Å². The van der Waals surface area contributed by atoms with Crippen molar-refractivity contribution in [3.8, 4) is 6.07 Å². The largest absolute Gasteiger partial charge is 0.308 e. The van der Waals surface area contributed by atoms with Crippen molar-refractivity contribution in [2.75, 3.05) is 4.90 Å². The summed E-state index contributed by atoms with van der Waals surface area (Å²) in [6.45, 7) is 4.16. The van der Waals surface area contributed by atoms with E-state index in [0.717, 1.165) is 16.8 Å². The van der Waals surface area contributed by atoms with E-state index in [4.69, 9.17) is 0 Å². The molecule has 3 aromatic carbocycles. The van der Waals surface area contributed by atoms with Gasteiger partial charge in [0.15, 0.2) is 0 Å². The highest BCUT2D eigenvalue weighted by molar-refractivity contribution is 7.99. The fourth-order valence-electron chi connectivity index (χ4n) is 3.32. The van der Waals surface area contributed by atoms with Crippen LogP contribution in [-0.2, 0) is 0 Å². The third kappa shape index (κ3) is 2.28. The molecule has 0 fully saturated rings. The number of hydrogen-bond donors (Lipinski definition) is 0. The molecule has 0 spiro atoms. The summed E-state index contributed by atoms with van der Waals surface area (Å²) < 4.78 is 0. The van der Waals surface area contributed by atoms with Gasteiger partial charge in [-0.25, -0.2) is 0 Å². The summed E-state index contributed by atoms with van der Waals surface area (Å²) in [6.07, 6.45) is 0. The molecular formula is C21H16N2S. The van der Waals surface area contributed by atoms with Crippen LogP contribution in [0, 0.1) is 25.2 Å². The molecule has 3 heteroatoms. The van der Waals surface area contributed by atoms with Crippen LogP contribution < -0.4 is 4.90 Å². The summed E-state index contributed by atoms with van der Waals surface area (Å²) in [6, 6.07) is 23.2. The van der Waals surface area contributed by atoms with Crippen LogP contribution in [-0.4, -0.2) is 0 Å². The van der Waals surface area contributed by atoms with Gasteiger partial charge in [0, 0.05) is 9.79 Å². The molecule has 0 aromatic heterocycles. The lowest BCUT2D eigenvalue weighted by atomic mass is 10.0. The summed E-state index contributed by atoms with van der Waals surface area (Å²) in [5, 5.41) is 9.24. The molecule has 3 aromatic rings. The van der Waals surface area contributed by atoms with Crippen molar-refractivity contribution in [2.45, 2.75) is 23.6 Å². The van der Waals surface area contributed by atoms with E-state index >= 15 is 0 Å². The highest BCUT2D eigenvalue weighted by Crippen LogP contribution is 2.52. The van der Waals surface area contributed by atoms with Gasteiger partial charge >= 0.3 is 0 Å². The molecule has 0 N–H and O–H groups in total. The van der Waals surface area contributed by atoms with Crippen LogP contribution in [0.3, 0.4) is 0 Å². The van der Waals surface area contributed by atoms with Gasteiger partial charge in [-0.15, -0.1) is 0 Å². The van der Waals surface area contributed by atoms with Crippen LogP contribution in [0.5, 0.6) is 0 Å². The Hall–Kier alpha value is -2.70. The number of benzene rings is 3. The highest BCUT2D eigenvalue weighted by Gasteiger charge is 2.26. The van der Waals surface area contributed by atoms with Gasteiger partial charge in [-0.3, -0.25) is 0 Å². The maximum Gasteiger partial charge on any atom is 0.0991 e. The Morgan fingerprint density at radius 1 is 0.833 bits per heavy atom. The van der Waals surface area contributed by atoms with E-state index < -0.39 is 0 Å². The Morgan fingerprint density at radius 3 is 1.83 bits per heavy atom. The molecule has 0 saturated heterocycles. The molecule has 0 unspecified atom stereocenters. The van der Waals surface area contributed by atoms with E-state index in [9.17, 15) is 5.26 Å². The van der Waals surface area contributed by atoms with Crippen LogP contribution in [0.15, 0.2) is 70.5 Å². The first-order valence-corrected chi connectivity index (χ1v) is 8.68. The monoisotopic (exact) mass is 328 g/mol. The molecule has 1 aliphatic heterocycles. The number of nitriles is 1. The van der Waals surface area contributed by atoms with E-state index in [0.29, 0.717) is 5.56 Å². The fraction of sp³-hybridized carbons (Fsp3) is 0.0952. The molecule has 0 radical (unpaired) electrons. The molecule has 0 bridgehead atoms. The molecule has 116 valence electrons. The number of anilines is 3.